The summed E-state index contributed by atoms with van der Waals surface area (Å²) in [5.74, 6) is 0. The maximum atomic E-state index is 5.87. The third-order valence-corrected chi connectivity index (χ3v) is 2.76. The van der Waals surface area contributed by atoms with Crippen LogP contribution >= 0.6 is 0 Å². The van der Waals surface area contributed by atoms with Crippen LogP contribution in [0, 0.1) is 0 Å². The second-order valence-electron chi connectivity index (χ2n) is 4.31. The largest absolute Gasteiger partial charge is 0.378 e. The fourth-order valence-corrected chi connectivity index (χ4v) is 1.87. The van der Waals surface area contributed by atoms with Crippen LogP contribution in [-0.4, -0.2) is 38.5 Å². The van der Waals surface area contributed by atoms with Crippen LogP contribution in [0.3, 0.4) is 0 Å². The van der Waals surface area contributed by atoms with E-state index < -0.39 is 0 Å². The number of ether oxygens (including phenoxy) is 2. The minimum Gasteiger partial charge on any atom is -0.378 e. The van der Waals surface area contributed by atoms with Gasteiger partial charge in [-0.05, 0) is 32.2 Å². The normalized spacial score (nSPS) is 24.8. The molecule has 3 heteroatoms. The average molecular weight is 227 g/mol. The Morgan fingerprint density at radius 3 is 3.00 bits per heavy atom. The standard InChI is InChI=1S/C13H25NO2/c1-3-5-9-15-11-13-7-6-12(16-13)10-14-8-4-2/h3,12-14H,1,4-11H2,2H3. The van der Waals surface area contributed by atoms with Crippen LogP contribution in [0.4, 0.5) is 0 Å². The second-order valence-corrected chi connectivity index (χ2v) is 4.31. The van der Waals surface area contributed by atoms with Crippen molar-refractivity contribution in [3.63, 3.8) is 0 Å². The highest BCUT2D eigenvalue weighted by molar-refractivity contribution is 4.75. The first-order valence-corrected chi connectivity index (χ1v) is 6.41. The van der Waals surface area contributed by atoms with Crippen LogP contribution in [0.5, 0.6) is 0 Å². The summed E-state index contributed by atoms with van der Waals surface area (Å²) >= 11 is 0. The van der Waals surface area contributed by atoms with Gasteiger partial charge in [-0.15, -0.1) is 6.58 Å². The zero-order valence-electron chi connectivity index (χ0n) is 10.4. The molecule has 1 aliphatic heterocycles. The minimum atomic E-state index is 0.304. The molecular weight excluding hydrogens is 202 g/mol. The first kappa shape index (κ1) is 13.7. The molecule has 0 aromatic rings. The lowest BCUT2D eigenvalue weighted by Gasteiger charge is -2.14. The van der Waals surface area contributed by atoms with Crippen LogP contribution in [-0.2, 0) is 9.47 Å². The topological polar surface area (TPSA) is 30.5 Å². The zero-order valence-corrected chi connectivity index (χ0v) is 10.4. The number of hydrogen-bond acceptors (Lipinski definition) is 3. The maximum Gasteiger partial charge on any atom is 0.0813 e. The molecule has 0 saturated carbocycles. The maximum absolute atomic E-state index is 5.87. The highest BCUT2D eigenvalue weighted by Crippen LogP contribution is 2.19. The second kappa shape index (κ2) is 8.74. The van der Waals surface area contributed by atoms with E-state index >= 15 is 0 Å². The van der Waals surface area contributed by atoms with Crippen molar-refractivity contribution < 1.29 is 9.47 Å². The van der Waals surface area contributed by atoms with Crippen LogP contribution < -0.4 is 5.32 Å². The summed E-state index contributed by atoms with van der Waals surface area (Å²) in [6.07, 6.45) is 6.97. The van der Waals surface area contributed by atoms with Crippen molar-refractivity contribution in [2.24, 2.45) is 0 Å². The van der Waals surface area contributed by atoms with Crippen LogP contribution in [0.15, 0.2) is 12.7 Å². The molecule has 1 heterocycles. The summed E-state index contributed by atoms with van der Waals surface area (Å²) in [4.78, 5) is 0. The lowest BCUT2D eigenvalue weighted by molar-refractivity contribution is -0.0132. The molecular formula is C13H25NO2. The minimum absolute atomic E-state index is 0.304. The van der Waals surface area contributed by atoms with Gasteiger partial charge in [0.15, 0.2) is 0 Å². The van der Waals surface area contributed by atoms with Gasteiger partial charge in [0.25, 0.3) is 0 Å². The van der Waals surface area contributed by atoms with Crippen molar-refractivity contribution in [2.45, 2.75) is 44.8 Å². The molecule has 0 aliphatic carbocycles. The molecule has 0 spiro atoms. The molecule has 94 valence electrons. The molecule has 16 heavy (non-hydrogen) atoms. The van der Waals surface area contributed by atoms with Crippen molar-refractivity contribution >= 4 is 0 Å². The molecule has 0 amide bonds. The molecule has 3 nitrogen and oxygen atoms in total. The highest BCUT2D eigenvalue weighted by atomic mass is 16.5. The quantitative estimate of drug-likeness (QED) is 0.483. The van der Waals surface area contributed by atoms with Gasteiger partial charge in [-0.1, -0.05) is 13.0 Å². The van der Waals surface area contributed by atoms with Crippen molar-refractivity contribution in [1.82, 2.24) is 5.32 Å². The van der Waals surface area contributed by atoms with E-state index in [0.29, 0.717) is 12.2 Å². The summed E-state index contributed by atoms with van der Waals surface area (Å²) in [6, 6.07) is 0. The highest BCUT2D eigenvalue weighted by Gasteiger charge is 2.24. The molecule has 0 bridgehead atoms. The fraction of sp³-hybridized carbons (Fsp3) is 0.846. The van der Waals surface area contributed by atoms with E-state index in [0.717, 1.165) is 45.6 Å². The van der Waals surface area contributed by atoms with E-state index in [1.165, 1.54) is 6.42 Å². The predicted octanol–water partition coefficient (Wildman–Crippen LogP) is 2.13. The van der Waals surface area contributed by atoms with Crippen LogP contribution in [0.2, 0.25) is 0 Å². The van der Waals surface area contributed by atoms with E-state index in [2.05, 4.69) is 18.8 Å². The lowest BCUT2D eigenvalue weighted by Crippen LogP contribution is -2.28. The van der Waals surface area contributed by atoms with Crippen molar-refractivity contribution in [2.75, 3.05) is 26.3 Å². The van der Waals surface area contributed by atoms with Gasteiger partial charge < -0.3 is 14.8 Å². The number of nitrogens with one attached hydrogen (secondary N) is 1. The molecule has 2 atom stereocenters. The van der Waals surface area contributed by atoms with E-state index in [4.69, 9.17) is 9.47 Å². The molecule has 0 aromatic heterocycles. The molecule has 1 rings (SSSR count). The SMILES string of the molecule is C=CCCOCC1CCC(CNCCC)O1. The Bertz CT molecular complexity index is 185. The average Bonchev–Trinajstić information content (AvgIpc) is 2.73. The Morgan fingerprint density at radius 1 is 1.44 bits per heavy atom. The summed E-state index contributed by atoms with van der Waals surface area (Å²) in [5, 5.41) is 3.39. The summed E-state index contributed by atoms with van der Waals surface area (Å²) in [7, 11) is 0. The van der Waals surface area contributed by atoms with Gasteiger partial charge >= 0.3 is 0 Å². The van der Waals surface area contributed by atoms with Gasteiger partial charge in [-0.2, -0.15) is 0 Å². The molecule has 1 N–H and O–H groups in total. The van der Waals surface area contributed by atoms with Gasteiger partial charge in [0.05, 0.1) is 25.4 Å². The first-order valence-electron chi connectivity index (χ1n) is 6.41. The number of rotatable bonds is 9. The molecule has 0 radical (unpaired) electrons. The van der Waals surface area contributed by atoms with Crippen LogP contribution in [0.1, 0.15) is 32.6 Å². The number of hydrogen-bond donors (Lipinski definition) is 1. The van der Waals surface area contributed by atoms with Crippen LogP contribution in [0.25, 0.3) is 0 Å². The van der Waals surface area contributed by atoms with Gasteiger partial charge in [0.1, 0.15) is 0 Å². The predicted molar refractivity (Wildman–Crippen MR) is 66.7 cm³/mol. The lowest BCUT2D eigenvalue weighted by atomic mass is 10.2. The first-order chi connectivity index (χ1) is 7.86. The molecule has 2 unspecified atom stereocenters. The smallest absolute Gasteiger partial charge is 0.0813 e. The van der Waals surface area contributed by atoms with Gasteiger partial charge in [0.2, 0.25) is 0 Å². The van der Waals surface area contributed by atoms with E-state index in [1.807, 2.05) is 6.08 Å². The van der Waals surface area contributed by atoms with Gasteiger partial charge in [0, 0.05) is 6.54 Å². The Kier molecular flexibility index (Phi) is 7.47. The van der Waals surface area contributed by atoms with E-state index in [1.54, 1.807) is 0 Å². The van der Waals surface area contributed by atoms with Crippen molar-refractivity contribution in [1.29, 1.82) is 0 Å². The zero-order chi connectivity index (χ0) is 11.6. The fourth-order valence-electron chi connectivity index (χ4n) is 1.87. The summed E-state index contributed by atoms with van der Waals surface area (Å²) in [5.41, 5.74) is 0. The van der Waals surface area contributed by atoms with Crippen molar-refractivity contribution in [3.8, 4) is 0 Å². The third-order valence-electron chi connectivity index (χ3n) is 2.76. The van der Waals surface area contributed by atoms with E-state index in [-0.39, 0.29) is 0 Å². The Balaban J connectivity index is 1.99. The van der Waals surface area contributed by atoms with E-state index in [9.17, 15) is 0 Å². The third kappa shape index (κ3) is 5.64. The molecule has 1 saturated heterocycles. The monoisotopic (exact) mass is 227 g/mol. The summed E-state index contributed by atoms with van der Waals surface area (Å²) < 4.78 is 11.4. The molecule has 1 aliphatic rings. The van der Waals surface area contributed by atoms with Gasteiger partial charge in [-0.3, -0.25) is 0 Å². The Labute approximate surface area is 99.2 Å². The summed E-state index contributed by atoms with van der Waals surface area (Å²) in [6.45, 7) is 9.41. The Hall–Kier alpha value is -0.380. The Morgan fingerprint density at radius 2 is 2.25 bits per heavy atom. The van der Waals surface area contributed by atoms with Gasteiger partial charge in [-0.25, -0.2) is 0 Å². The molecule has 1 fully saturated rings. The molecule has 0 aromatic carbocycles. The van der Waals surface area contributed by atoms with Crippen molar-refractivity contribution in [3.05, 3.63) is 12.7 Å².